The predicted molar refractivity (Wildman–Crippen MR) is 101 cm³/mol. The Kier molecular flexibility index (Phi) is 5.92. The number of benzene rings is 1. The number of carbonyl (C=O) groups excluding carboxylic acids is 1. The van der Waals surface area contributed by atoms with Crippen LogP contribution in [0.3, 0.4) is 0 Å². The van der Waals surface area contributed by atoms with E-state index in [0.717, 1.165) is 9.87 Å². The van der Waals surface area contributed by atoms with Crippen LogP contribution in [0, 0.1) is 0 Å². The summed E-state index contributed by atoms with van der Waals surface area (Å²) >= 11 is 0. The van der Waals surface area contributed by atoms with Crippen LogP contribution in [0.5, 0.6) is 0 Å². The number of aliphatic hydroxyl groups is 1. The molecule has 28 heavy (non-hydrogen) atoms. The van der Waals surface area contributed by atoms with Gasteiger partial charge in [0.2, 0.25) is 15.9 Å². The van der Waals surface area contributed by atoms with Gasteiger partial charge in [0.05, 0.1) is 4.90 Å². The molecule has 3 N–H and O–H groups in total. The van der Waals surface area contributed by atoms with E-state index < -0.39 is 21.9 Å². The molecule has 2 aromatic rings. The largest absolute Gasteiger partial charge is 0.362 e. The molecule has 0 unspecified atom stereocenters. The summed E-state index contributed by atoms with van der Waals surface area (Å²) < 4.78 is 39.8. The fourth-order valence-electron chi connectivity index (χ4n) is 2.79. The summed E-state index contributed by atoms with van der Waals surface area (Å²) in [5, 5.41) is 14.6. The number of aromatic nitrogens is 1. The van der Waals surface area contributed by atoms with Crippen LogP contribution >= 0.6 is 0 Å². The highest BCUT2D eigenvalue weighted by Gasteiger charge is 2.36. The Morgan fingerprint density at radius 1 is 1.21 bits per heavy atom. The molecule has 0 atom stereocenters. The first-order valence-corrected chi connectivity index (χ1v) is 10.2. The molecule has 0 bridgehead atoms. The average molecular weight is 408 g/mol. The number of pyridine rings is 1. The lowest BCUT2D eigenvalue weighted by Crippen LogP contribution is -2.44. The van der Waals surface area contributed by atoms with Crippen LogP contribution in [-0.2, 0) is 16.6 Å². The Balaban J connectivity index is 1.57. The second kappa shape index (κ2) is 8.21. The molecule has 1 saturated heterocycles. The molecular formula is C18H21FN4O4S. The fourth-order valence-corrected chi connectivity index (χ4v) is 4.23. The van der Waals surface area contributed by atoms with E-state index in [1.165, 1.54) is 24.3 Å². The van der Waals surface area contributed by atoms with Gasteiger partial charge in [0.1, 0.15) is 0 Å². The monoisotopic (exact) mass is 408 g/mol. The first-order valence-electron chi connectivity index (χ1n) is 8.72. The molecule has 1 aromatic heterocycles. The van der Waals surface area contributed by atoms with Gasteiger partial charge in [0.25, 0.3) is 0 Å². The number of anilines is 1. The van der Waals surface area contributed by atoms with Crippen molar-refractivity contribution in [3.8, 4) is 0 Å². The van der Waals surface area contributed by atoms with E-state index in [4.69, 9.17) is 0 Å². The Bertz CT molecular complexity index is 910. The van der Waals surface area contributed by atoms with E-state index in [0.29, 0.717) is 12.2 Å². The Morgan fingerprint density at radius 2 is 1.89 bits per heavy atom. The number of amides is 2. The van der Waals surface area contributed by atoms with E-state index in [9.17, 15) is 22.7 Å². The third-order valence-electron chi connectivity index (χ3n) is 4.41. The zero-order chi connectivity index (χ0) is 20.2. The van der Waals surface area contributed by atoms with Gasteiger partial charge >= 0.3 is 6.03 Å². The molecule has 0 spiro atoms. The maximum atomic E-state index is 13.5. The lowest BCUT2D eigenvalue weighted by molar-refractivity contribution is -0.117. The molecule has 1 fully saturated rings. The zero-order valence-electron chi connectivity index (χ0n) is 15.0. The summed E-state index contributed by atoms with van der Waals surface area (Å²) in [4.78, 5) is 15.9. The summed E-state index contributed by atoms with van der Waals surface area (Å²) in [5.74, 6) is -2.32. The van der Waals surface area contributed by atoms with E-state index in [1.54, 1.807) is 18.5 Å². The first-order chi connectivity index (χ1) is 13.3. The highest BCUT2D eigenvalue weighted by molar-refractivity contribution is 7.89. The van der Waals surface area contributed by atoms with Crippen LogP contribution in [0.4, 0.5) is 14.9 Å². The second-order valence-corrected chi connectivity index (χ2v) is 8.45. The zero-order valence-corrected chi connectivity index (χ0v) is 15.8. The van der Waals surface area contributed by atoms with E-state index in [2.05, 4.69) is 15.6 Å². The Labute approximate surface area is 162 Å². The van der Waals surface area contributed by atoms with Gasteiger partial charge in [-0.3, -0.25) is 4.98 Å². The molecule has 1 aliphatic heterocycles. The predicted octanol–water partition coefficient (Wildman–Crippen LogP) is 1.85. The van der Waals surface area contributed by atoms with E-state index >= 15 is 0 Å². The minimum atomic E-state index is -3.78. The van der Waals surface area contributed by atoms with Crippen LogP contribution in [0.25, 0.3) is 0 Å². The van der Waals surface area contributed by atoms with Crippen molar-refractivity contribution in [3.63, 3.8) is 0 Å². The van der Waals surface area contributed by atoms with Gasteiger partial charge < -0.3 is 15.7 Å². The Morgan fingerprint density at radius 3 is 2.50 bits per heavy atom. The second-order valence-electron chi connectivity index (χ2n) is 6.52. The fraction of sp³-hybridized carbons (Fsp3) is 0.333. The quantitative estimate of drug-likeness (QED) is 0.699. The summed E-state index contributed by atoms with van der Waals surface area (Å²) in [6.45, 7) is 0.125. The molecule has 8 nitrogen and oxygen atoms in total. The minimum Gasteiger partial charge on any atom is -0.362 e. The topological polar surface area (TPSA) is 112 Å². The van der Waals surface area contributed by atoms with Crippen molar-refractivity contribution < 1.29 is 22.7 Å². The van der Waals surface area contributed by atoms with E-state index in [-0.39, 0.29) is 30.8 Å². The van der Waals surface area contributed by atoms with Crippen molar-refractivity contribution in [2.75, 3.05) is 18.4 Å². The number of carbonyl (C=O) groups is 1. The number of nitrogens with one attached hydrogen (secondary N) is 2. The van der Waals surface area contributed by atoms with Gasteiger partial charge in [-0.05, 0) is 35.9 Å². The van der Waals surface area contributed by atoms with Crippen molar-refractivity contribution >= 4 is 21.7 Å². The van der Waals surface area contributed by atoms with Crippen LogP contribution in [0.15, 0.2) is 53.7 Å². The van der Waals surface area contributed by atoms with Gasteiger partial charge in [0.15, 0.2) is 0 Å². The minimum absolute atomic E-state index is 0.0399. The lowest BCUT2D eigenvalue weighted by atomic mass is 10.1. The standard InChI is InChI=1S/C18H21FN4O4S/c19-18(25)7-10-23(11-8-18)28(26,27)16-5-3-15(4-6-16)22-17(24)21-13-14-2-1-9-20-12-14/h1-6,9,12,25H,7-8,10-11,13H2,(H2,21,22,24). The van der Waals surface area contributed by atoms with Crippen molar-refractivity contribution in [1.29, 1.82) is 0 Å². The van der Waals surface area contributed by atoms with Crippen molar-refractivity contribution in [3.05, 3.63) is 54.4 Å². The molecule has 0 radical (unpaired) electrons. The summed E-state index contributed by atoms with van der Waals surface area (Å²) in [6.07, 6.45) is 2.76. The maximum absolute atomic E-state index is 13.5. The third kappa shape index (κ3) is 5.03. The van der Waals surface area contributed by atoms with Gasteiger partial charge in [-0.1, -0.05) is 6.07 Å². The highest BCUT2D eigenvalue weighted by atomic mass is 32.2. The summed E-state index contributed by atoms with van der Waals surface area (Å²) in [6, 6.07) is 8.88. The van der Waals surface area contributed by atoms with Gasteiger partial charge in [-0.15, -0.1) is 0 Å². The molecular weight excluding hydrogens is 387 g/mol. The van der Waals surface area contributed by atoms with Crippen LogP contribution in [0.2, 0.25) is 0 Å². The number of hydrogen-bond donors (Lipinski definition) is 3. The molecule has 3 rings (SSSR count). The van der Waals surface area contributed by atoms with Gasteiger partial charge in [-0.2, -0.15) is 4.31 Å². The molecule has 0 aliphatic carbocycles. The van der Waals surface area contributed by atoms with Crippen LogP contribution in [0.1, 0.15) is 18.4 Å². The molecule has 1 aliphatic rings. The molecule has 150 valence electrons. The molecule has 1 aromatic carbocycles. The Hall–Kier alpha value is -2.56. The lowest BCUT2D eigenvalue weighted by Gasteiger charge is -2.32. The molecule has 0 saturated carbocycles. The highest BCUT2D eigenvalue weighted by Crippen LogP contribution is 2.27. The van der Waals surface area contributed by atoms with Crippen molar-refractivity contribution in [2.24, 2.45) is 0 Å². The number of halogens is 1. The van der Waals surface area contributed by atoms with Gasteiger partial charge in [0, 0.05) is 50.6 Å². The smallest absolute Gasteiger partial charge is 0.319 e. The molecule has 2 amide bonds. The normalized spacial score (nSPS) is 17.1. The number of sulfonamides is 1. The van der Waals surface area contributed by atoms with E-state index in [1.807, 2.05) is 6.07 Å². The maximum Gasteiger partial charge on any atom is 0.319 e. The number of piperidine rings is 1. The average Bonchev–Trinajstić information content (AvgIpc) is 2.67. The van der Waals surface area contributed by atoms with Crippen LogP contribution in [-0.4, -0.2) is 47.8 Å². The van der Waals surface area contributed by atoms with Crippen molar-refractivity contribution in [1.82, 2.24) is 14.6 Å². The van der Waals surface area contributed by atoms with Gasteiger partial charge in [-0.25, -0.2) is 17.6 Å². The third-order valence-corrected chi connectivity index (χ3v) is 6.33. The number of nitrogens with zero attached hydrogens (tertiary/aromatic N) is 2. The van der Waals surface area contributed by atoms with Crippen molar-refractivity contribution in [2.45, 2.75) is 30.1 Å². The first kappa shape index (κ1) is 20.2. The van der Waals surface area contributed by atoms with Crippen LogP contribution < -0.4 is 10.6 Å². The summed E-state index contributed by atoms with van der Waals surface area (Å²) in [5.41, 5.74) is 1.28. The SMILES string of the molecule is O=C(NCc1cccnc1)Nc1ccc(S(=O)(=O)N2CCC(O)(F)CC2)cc1. The number of urea groups is 1. The number of alkyl halides is 1. The number of hydrogen-bond acceptors (Lipinski definition) is 5. The molecule has 2 heterocycles. The number of rotatable bonds is 5. The summed E-state index contributed by atoms with van der Waals surface area (Å²) in [7, 11) is -3.78. The molecule has 10 heteroatoms.